The van der Waals surface area contributed by atoms with Crippen molar-refractivity contribution < 1.29 is 13.2 Å². The molecular weight excluding hydrogens is 404 g/mol. The first-order chi connectivity index (χ1) is 14.3. The zero-order chi connectivity index (χ0) is 21.5. The zero-order valence-corrected chi connectivity index (χ0v) is 18.2. The van der Waals surface area contributed by atoms with Gasteiger partial charge >= 0.3 is 0 Å². The summed E-state index contributed by atoms with van der Waals surface area (Å²) in [5.41, 5.74) is 1.53. The monoisotopic (exact) mass is 430 g/mol. The van der Waals surface area contributed by atoms with Crippen LogP contribution in [-0.4, -0.2) is 54.7 Å². The number of amides is 1. The van der Waals surface area contributed by atoms with Crippen molar-refractivity contribution in [2.75, 3.05) is 27.8 Å². The quantitative estimate of drug-likeness (QED) is 0.776. The fraction of sp³-hybridized carbons (Fsp3) is 0.500. The second kappa shape index (κ2) is 7.82. The molecule has 2 aromatic heterocycles. The minimum atomic E-state index is -3.49. The van der Waals surface area contributed by atoms with Crippen molar-refractivity contribution in [1.29, 1.82) is 0 Å². The summed E-state index contributed by atoms with van der Waals surface area (Å²) in [7, 11) is -1.73. The highest BCUT2D eigenvalue weighted by molar-refractivity contribution is 7.92. The molecule has 1 aliphatic carbocycles. The number of hydrogen-bond donors (Lipinski definition) is 1. The van der Waals surface area contributed by atoms with Crippen molar-refractivity contribution in [1.82, 2.24) is 15.0 Å². The molecule has 0 aromatic carbocycles. The molecule has 0 radical (unpaired) electrons. The van der Waals surface area contributed by atoms with E-state index in [1.165, 1.54) is 6.20 Å². The third-order valence-corrected chi connectivity index (χ3v) is 6.36. The molecule has 1 N–H and O–H groups in total. The molecule has 1 unspecified atom stereocenters. The van der Waals surface area contributed by atoms with Crippen LogP contribution >= 0.6 is 0 Å². The smallest absolute Gasteiger partial charge is 0.249 e. The molecule has 9 nitrogen and oxygen atoms in total. The summed E-state index contributed by atoms with van der Waals surface area (Å²) in [6, 6.07) is 1.68. The minimum absolute atomic E-state index is 0.0524. The van der Waals surface area contributed by atoms with Crippen LogP contribution in [0.1, 0.15) is 39.0 Å². The van der Waals surface area contributed by atoms with E-state index in [-0.39, 0.29) is 18.0 Å². The van der Waals surface area contributed by atoms with E-state index < -0.39 is 10.0 Å². The Kier molecular flexibility index (Phi) is 5.35. The highest BCUT2D eigenvalue weighted by atomic mass is 32.2. The Bertz CT molecular complexity index is 1070. The Labute approximate surface area is 176 Å². The average molecular weight is 431 g/mol. The summed E-state index contributed by atoms with van der Waals surface area (Å²) in [4.78, 5) is 30.1. The van der Waals surface area contributed by atoms with Gasteiger partial charge in [-0.05, 0) is 25.3 Å². The van der Waals surface area contributed by atoms with Gasteiger partial charge in [-0.15, -0.1) is 0 Å². The standard InChI is InChI=1S/C20H26N6O3S/c1-4-16-20(27)25(2)17-12-22-18(23-19(17)26(16)13-7-5-6-8-13)14-9-10-21-11-15(14)24-30(3,28)29/h9-13,16,24H,4-8H2,1-3H3. The van der Waals surface area contributed by atoms with Crippen LogP contribution in [0.3, 0.4) is 0 Å². The molecule has 1 atom stereocenters. The average Bonchev–Trinajstić information content (AvgIpc) is 3.23. The topological polar surface area (TPSA) is 108 Å². The number of sulfonamides is 1. The van der Waals surface area contributed by atoms with Crippen LogP contribution < -0.4 is 14.5 Å². The number of hydrogen-bond acceptors (Lipinski definition) is 7. The van der Waals surface area contributed by atoms with Gasteiger partial charge in [0.2, 0.25) is 15.9 Å². The maximum absolute atomic E-state index is 13.0. The van der Waals surface area contributed by atoms with Crippen molar-refractivity contribution in [2.45, 2.75) is 51.1 Å². The zero-order valence-electron chi connectivity index (χ0n) is 17.4. The SMILES string of the molecule is CCC1C(=O)N(C)c2cnc(-c3ccncc3NS(C)(=O)=O)nc2N1C1CCCC1. The van der Waals surface area contributed by atoms with Crippen LogP contribution in [0.2, 0.25) is 0 Å². The fourth-order valence-corrected chi connectivity index (χ4v) is 4.95. The lowest BCUT2D eigenvalue weighted by atomic mass is 10.0. The Morgan fingerprint density at radius 2 is 1.97 bits per heavy atom. The van der Waals surface area contributed by atoms with Gasteiger partial charge in [0.15, 0.2) is 11.6 Å². The van der Waals surface area contributed by atoms with E-state index in [0.29, 0.717) is 29.2 Å². The van der Waals surface area contributed by atoms with Gasteiger partial charge in [0.05, 0.1) is 24.3 Å². The molecule has 3 heterocycles. The number of fused-ring (bicyclic) bond motifs is 1. The Morgan fingerprint density at radius 1 is 1.23 bits per heavy atom. The fourth-order valence-electron chi connectivity index (χ4n) is 4.38. The molecular formula is C20H26N6O3S. The van der Waals surface area contributed by atoms with Gasteiger partial charge in [-0.1, -0.05) is 19.8 Å². The molecule has 1 saturated carbocycles. The molecule has 4 rings (SSSR count). The number of likely N-dealkylation sites (N-methyl/N-ethyl adjacent to an activating group) is 1. The van der Waals surface area contributed by atoms with Gasteiger partial charge in [-0.3, -0.25) is 14.5 Å². The number of nitrogens with one attached hydrogen (secondary N) is 1. The number of rotatable bonds is 5. The van der Waals surface area contributed by atoms with E-state index in [2.05, 4.69) is 19.6 Å². The first-order valence-electron chi connectivity index (χ1n) is 10.1. The summed E-state index contributed by atoms with van der Waals surface area (Å²) < 4.78 is 26.0. The molecule has 160 valence electrons. The highest BCUT2D eigenvalue weighted by Gasteiger charge is 2.41. The number of anilines is 3. The Hall–Kier alpha value is -2.75. The van der Waals surface area contributed by atoms with Crippen LogP contribution in [0.15, 0.2) is 24.7 Å². The van der Waals surface area contributed by atoms with Crippen LogP contribution in [-0.2, 0) is 14.8 Å². The molecule has 0 saturated heterocycles. The number of aromatic nitrogens is 3. The third kappa shape index (κ3) is 3.71. The first-order valence-corrected chi connectivity index (χ1v) is 12.0. The van der Waals surface area contributed by atoms with E-state index in [1.807, 2.05) is 6.92 Å². The number of carbonyl (C=O) groups is 1. The summed E-state index contributed by atoms with van der Waals surface area (Å²) in [6.45, 7) is 2.02. The number of nitrogens with zero attached hydrogens (tertiary/aromatic N) is 5. The summed E-state index contributed by atoms with van der Waals surface area (Å²) in [6.07, 6.45) is 10.8. The number of pyridine rings is 1. The molecule has 0 spiro atoms. The maximum atomic E-state index is 13.0. The van der Waals surface area contributed by atoms with Gasteiger partial charge < -0.3 is 9.80 Å². The molecule has 1 aliphatic heterocycles. The van der Waals surface area contributed by atoms with Crippen molar-refractivity contribution in [2.24, 2.45) is 0 Å². The van der Waals surface area contributed by atoms with Crippen LogP contribution in [0, 0.1) is 0 Å². The van der Waals surface area contributed by atoms with Crippen LogP contribution in [0.25, 0.3) is 11.4 Å². The predicted octanol–water partition coefficient (Wildman–Crippen LogP) is 2.41. The molecule has 30 heavy (non-hydrogen) atoms. The normalized spacial score (nSPS) is 19.8. The Balaban J connectivity index is 1.84. The first kappa shape index (κ1) is 20.5. The van der Waals surface area contributed by atoms with Gasteiger partial charge in [0.25, 0.3) is 0 Å². The van der Waals surface area contributed by atoms with E-state index in [0.717, 1.165) is 37.8 Å². The lowest BCUT2D eigenvalue weighted by Gasteiger charge is -2.43. The summed E-state index contributed by atoms with van der Waals surface area (Å²) in [5.74, 6) is 1.17. The highest BCUT2D eigenvalue weighted by Crippen LogP contribution is 2.40. The number of carbonyl (C=O) groups excluding carboxylic acids is 1. The lowest BCUT2D eigenvalue weighted by Crippen LogP contribution is -2.55. The van der Waals surface area contributed by atoms with E-state index in [9.17, 15) is 13.2 Å². The second-order valence-electron chi connectivity index (χ2n) is 7.86. The van der Waals surface area contributed by atoms with Crippen LogP contribution in [0.5, 0.6) is 0 Å². The van der Waals surface area contributed by atoms with Crippen molar-refractivity contribution >= 4 is 33.1 Å². The van der Waals surface area contributed by atoms with Gasteiger partial charge in [0, 0.05) is 24.8 Å². The molecule has 2 aromatic rings. The summed E-state index contributed by atoms with van der Waals surface area (Å²) >= 11 is 0. The maximum Gasteiger partial charge on any atom is 0.249 e. The summed E-state index contributed by atoms with van der Waals surface area (Å²) in [5, 5.41) is 0. The molecule has 0 bridgehead atoms. The molecule has 2 aliphatic rings. The van der Waals surface area contributed by atoms with Crippen molar-refractivity contribution in [3.63, 3.8) is 0 Å². The van der Waals surface area contributed by atoms with Gasteiger partial charge in [-0.25, -0.2) is 18.4 Å². The van der Waals surface area contributed by atoms with E-state index >= 15 is 0 Å². The van der Waals surface area contributed by atoms with Gasteiger partial charge in [0.1, 0.15) is 11.7 Å². The van der Waals surface area contributed by atoms with Gasteiger partial charge in [-0.2, -0.15) is 0 Å². The van der Waals surface area contributed by atoms with Crippen molar-refractivity contribution in [3.05, 3.63) is 24.7 Å². The largest absolute Gasteiger partial charge is 0.340 e. The van der Waals surface area contributed by atoms with E-state index in [4.69, 9.17) is 4.98 Å². The predicted molar refractivity (Wildman–Crippen MR) is 116 cm³/mol. The lowest BCUT2D eigenvalue weighted by molar-refractivity contribution is -0.120. The second-order valence-corrected chi connectivity index (χ2v) is 9.61. The minimum Gasteiger partial charge on any atom is -0.340 e. The molecule has 10 heteroatoms. The Morgan fingerprint density at radius 3 is 2.63 bits per heavy atom. The third-order valence-electron chi connectivity index (χ3n) is 5.77. The molecule has 1 fully saturated rings. The van der Waals surface area contributed by atoms with Crippen LogP contribution in [0.4, 0.5) is 17.2 Å². The van der Waals surface area contributed by atoms with E-state index in [1.54, 1.807) is 30.4 Å². The van der Waals surface area contributed by atoms with Crippen molar-refractivity contribution in [3.8, 4) is 11.4 Å². The molecule has 1 amide bonds.